The topological polar surface area (TPSA) is 141 Å². The van der Waals surface area contributed by atoms with Crippen LogP contribution in [0.3, 0.4) is 0 Å². The van der Waals surface area contributed by atoms with Gasteiger partial charge in [0.15, 0.2) is 6.23 Å². The van der Waals surface area contributed by atoms with Gasteiger partial charge in [-0.2, -0.15) is 4.98 Å². The minimum atomic E-state index is -3.74. The third kappa shape index (κ3) is 3.01. The van der Waals surface area contributed by atoms with E-state index in [4.69, 9.17) is 29.8 Å². The Hall–Kier alpha value is -1.29. The van der Waals surface area contributed by atoms with Crippen LogP contribution >= 0.6 is 7.82 Å². The number of rotatable bonds is 3. The molecule has 0 bridgehead atoms. The number of nitrogen functional groups attached to an aromatic ring is 1. The number of aromatic nitrogens is 2. The van der Waals surface area contributed by atoms with Gasteiger partial charge in [-0.1, -0.05) is 0 Å². The van der Waals surface area contributed by atoms with Gasteiger partial charge in [-0.3, -0.25) is 18.1 Å². The molecule has 1 unspecified atom stereocenters. The maximum atomic E-state index is 12.6. The van der Waals surface area contributed by atoms with Crippen molar-refractivity contribution in [1.29, 1.82) is 0 Å². The van der Waals surface area contributed by atoms with Crippen molar-refractivity contribution < 1.29 is 22.9 Å². The minimum absolute atomic E-state index is 0.0187. The normalized spacial score (nSPS) is 39.1. The summed E-state index contributed by atoms with van der Waals surface area (Å²) < 4.78 is 35.6. The number of hydrogen-bond donors (Lipinski definition) is 2. The van der Waals surface area contributed by atoms with Crippen LogP contribution < -0.4 is 17.2 Å². The van der Waals surface area contributed by atoms with Gasteiger partial charge >= 0.3 is 13.5 Å². The Morgan fingerprint density at radius 2 is 2.25 bits per heavy atom. The van der Waals surface area contributed by atoms with Gasteiger partial charge in [0.25, 0.3) is 0 Å². The Balaban J connectivity index is 1.90. The molecule has 0 radical (unpaired) electrons. The number of phosphoric acid groups is 1. The van der Waals surface area contributed by atoms with E-state index >= 15 is 0 Å². The largest absolute Gasteiger partial charge is 0.475 e. The van der Waals surface area contributed by atoms with Crippen molar-refractivity contribution in [1.82, 2.24) is 9.55 Å². The first kappa shape index (κ1) is 17.5. The first-order valence-electron chi connectivity index (χ1n) is 7.53. The van der Waals surface area contributed by atoms with Crippen molar-refractivity contribution in [3.8, 4) is 0 Å². The second-order valence-electron chi connectivity index (χ2n) is 6.36. The van der Waals surface area contributed by atoms with Gasteiger partial charge in [0.05, 0.1) is 18.2 Å². The third-order valence-corrected chi connectivity index (χ3v) is 5.50. The lowest BCUT2D eigenvalue weighted by Crippen LogP contribution is -2.55. The molecule has 2 fully saturated rings. The number of nitrogens with two attached hydrogens (primary N) is 2. The fourth-order valence-electron chi connectivity index (χ4n) is 2.85. The molecule has 11 heteroatoms. The SMILES string of the molecule is CC(C)OP1(=O)OC[C@H]2O[C@@H](n3ccc(N)nc3=O)[C@](C)(N)[C@@H]2O1. The molecule has 134 valence electrons. The molecule has 24 heavy (non-hydrogen) atoms. The molecule has 0 aliphatic carbocycles. The summed E-state index contributed by atoms with van der Waals surface area (Å²) in [5.41, 5.74) is 10.1. The van der Waals surface area contributed by atoms with Crippen LogP contribution in [-0.4, -0.2) is 40.0 Å². The molecule has 1 aromatic rings. The van der Waals surface area contributed by atoms with Crippen LogP contribution in [0.25, 0.3) is 0 Å². The average molecular weight is 360 g/mol. The second-order valence-corrected chi connectivity index (χ2v) is 7.93. The van der Waals surface area contributed by atoms with E-state index in [1.54, 1.807) is 20.8 Å². The highest BCUT2D eigenvalue weighted by atomic mass is 31.2. The van der Waals surface area contributed by atoms with Gasteiger partial charge in [0.1, 0.15) is 18.0 Å². The number of phosphoric ester groups is 1. The zero-order valence-electron chi connectivity index (χ0n) is 13.6. The molecule has 2 aliphatic heterocycles. The molecule has 0 saturated carbocycles. The molecule has 0 amide bonds. The molecule has 3 rings (SSSR count). The summed E-state index contributed by atoms with van der Waals surface area (Å²) in [6.07, 6.45) is -1.14. The highest BCUT2D eigenvalue weighted by molar-refractivity contribution is 7.48. The van der Waals surface area contributed by atoms with Crippen LogP contribution in [0, 0.1) is 0 Å². The summed E-state index contributed by atoms with van der Waals surface area (Å²) in [4.78, 5) is 15.7. The Kier molecular flexibility index (Phi) is 4.31. The third-order valence-electron chi connectivity index (χ3n) is 3.87. The van der Waals surface area contributed by atoms with E-state index in [0.29, 0.717) is 0 Å². The Bertz CT molecular complexity index is 735. The van der Waals surface area contributed by atoms with Gasteiger partial charge in [0, 0.05) is 6.20 Å². The first-order chi connectivity index (χ1) is 11.1. The molecular formula is C13H21N4O6P. The van der Waals surface area contributed by atoms with E-state index in [2.05, 4.69) is 4.98 Å². The van der Waals surface area contributed by atoms with Crippen LogP contribution in [0.2, 0.25) is 0 Å². The van der Waals surface area contributed by atoms with E-state index in [1.165, 1.54) is 16.8 Å². The zero-order valence-corrected chi connectivity index (χ0v) is 14.5. The molecule has 2 aliphatic rings. The lowest BCUT2D eigenvalue weighted by Gasteiger charge is -2.36. The monoisotopic (exact) mass is 360 g/mol. The fourth-order valence-corrected chi connectivity index (χ4v) is 4.51. The zero-order chi connectivity index (χ0) is 17.7. The molecule has 0 spiro atoms. The van der Waals surface area contributed by atoms with Crippen LogP contribution in [0.5, 0.6) is 0 Å². The highest BCUT2D eigenvalue weighted by Gasteiger charge is 2.59. The quantitative estimate of drug-likeness (QED) is 0.732. The van der Waals surface area contributed by atoms with E-state index in [0.717, 1.165) is 0 Å². The lowest BCUT2D eigenvalue weighted by molar-refractivity contribution is -0.0748. The summed E-state index contributed by atoms with van der Waals surface area (Å²) in [5.74, 6) is 0.0970. The van der Waals surface area contributed by atoms with Crippen molar-refractivity contribution in [2.75, 3.05) is 12.3 Å². The predicted molar refractivity (Wildman–Crippen MR) is 84.1 cm³/mol. The lowest BCUT2D eigenvalue weighted by atomic mass is 9.93. The van der Waals surface area contributed by atoms with Crippen LogP contribution in [0.15, 0.2) is 17.1 Å². The van der Waals surface area contributed by atoms with E-state index in [1.807, 2.05) is 0 Å². The summed E-state index contributed by atoms with van der Waals surface area (Å²) in [6, 6.07) is 1.47. The van der Waals surface area contributed by atoms with E-state index in [9.17, 15) is 9.36 Å². The van der Waals surface area contributed by atoms with Crippen LogP contribution in [0.1, 0.15) is 27.0 Å². The van der Waals surface area contributed by atoms with Crippen molar-refractivity contribution in [3.63, 3.8) is 0 Å². The summed E-state index contributed by atoms with van der Waals surface area (Å²) >= 11 is 0. The van der Waals surface area contributed by atoms with Gasteiger partial charge in [0.2, 0.25) is 0 Å². The van der Waals surface area contributed by atoms with Gasteiger partial charge in [-0.25, -0.2) is 9.36 Å². The van der Waals surface area contributed by atoms with Crippen LogP contribution in [-0.2, 0) is 22.9 Å². The number of ether oxygens (including phenoxy) is 1. The summed E-state index contributed by atoms with van der Waals surface area (Å²) in [6.45, 7) is 5.06. The molecule has 2 saturated heterocycles. The van der Waals surface area contributed by atoms with Crippen molar-refractivity contribution in [2.45, 2.75) is 50.8 Å². The molecule has 5 atom stereocenters. The van der Waals surface area contributed by atoms with Gasteiger partial charge < -0.3 is 16.2 Å². The second kappa shape index (κ2) is 5.91. The number of fused-ring (bicyclic) bond motifs is 1. The van der Waals surface area contributed by atoms with E-state index < -0.39 is 37.5 Å². The van der Waals surface area contributed by atoms with Gasteiger partial charge in [-0.05, 0) is 26.8 Å². The summed E-state index contributed by atoms with van der Waals surface area (Å²) in [7, 11) is -3.74. The molecule has 4 N–H and O–H groups in total. The minimum Gasteiger partial charge on any atom is -0.383 e. The van der Waals surface area contributed by atoms with E-state index in [-0.39, 0.29) is 18.5 Å². The smallest absolute Gasteiger partial charge is 0.383 e. The van der Waals surface area contributed by atoms with Crippen molar-refractivity contribution in [2.24, 2.45) is 5.73 Å². The Morgan fingerprint density at radius 1 is 1.54 bits per heavy atom. The highest BCUT2D eigenvalue weighted by Crippen LogP contribution is 2.58. The number of anilines is 1. The van der Waals surface area contributed by atoms with Crippen LogP contribution in [0.4, 0.5) is 5.82 Å². The number of hydrogen-bond acceptors (Lipinski definition) is 9. The first-order valence-corrected chi connectivity index (χ1v) is 8.99. The fraction of sp³-hybridized carbons (Fsp3) is 0.692. The van der Waals surface area contributed by atoms with Crippen molar-refractivity contribution >= 4 is 13.6 Å². The molecule has 10 nitrogen and oxygen atoms in total. The Labute approximate surface area is 138 Å². The van der Waals surface area contributed by atoms with Gasteiger partial charge in [-0.15, -0.1) is 0 Å². The maximum absolute atomic E-state index is 12.6. The maximum Gasteiger partial charge on any atom is 0.475 e. The molecule has 0 aromatic carbocycles. The summed E-state index contributed by atoms with van der Waals surface area (Å²) in [5, 5.41) is 0. The predicted octanol–water partition coefficient (Wildman–Crippen LogP) is 0.389. The van der Waals surface area contributed by atoms with Crippen molar-refractivity contribution in [3.05, 3.63) is 22.7 Å². The molecule has 3 heterocycles. The molecular weight excluding hydrogens is 339 g/mol. The number of nitrogens with zero attached hydrogens (tertiary/aromatic N) is 2. The average Bonchev–Trinajstić information content (AvgIpc) is 2.69. The standard InChI is InChI=1S/C13H21N4O6P/c1-7(2)22-24(19)20-6-8-10(23-24)13(3,15)11(21-8)17-5-4-9(14)16-12(17)18/h4-5,7-8,10-11H,6,15H2,1-3H3,(H2,14,16,18)/t8-,10-,11-,13-,24?/m1/s1. The molecule has 1 aromatic heterocycles. The Morgan fingerprint density at radius 3 is 2.88 bits per heavy atom.